The van der Waals surface area contributed by atoms with Crippen LogP contribution in [0.5, 0.6) is 5.75 Å². The molecule has 2 saturated carbocycles. The maximum atomic E-state index is 12.0. The van der Waals surface area contributed by atoms with Crippen molar-refractivity contribution in [3.63, 3.8) is 0 Å². The minimum Gasteiger partial charge on any atom is -0.508 e. The van der Waals surface area contributed by atoms with Gasteiger partial charge in [0.15, 0.2) is 5.78 Å². The Bertz CT molecular complexity index is 608. The second kappa shape index (κ2) is 4.33. The van der Waals surface area contributed by atoms with Gasteiger partial charge >= 0.3 is 0 Å². The standard InChI is InChI=1S/C18H22O3/c1-18-7-6-13-12-5-3-11(19)8-10(12)2-4-14(13)15(18)9-16(20)17(18)21/h3,5,8,13-15,17,19,21H,2,4,6-7,9H2,1H3/t13-,14-,15+,17+,18+/m0/s1. The topological polar surface area (TPSA) is 57.5 Å². The summed E-state index contributed by atoms with van der Waals surface area (Å²) in [7, 11) is 0. The minimum atomic E-state index is -0.760. The number of aliphatic hydroxyl groups is 1. The smallest absolute Gasteiger partial charge is 0.162 e. The van der Waals surface area contributed by atoms with Gasteiger partial charge in [0, 0.05) is 11.8 Å². The molecule has 0 amide bonds. The summed E-state index contributed by atoms with van der Waals surface area (Å²) < 4.78 is 0. The predicted molar refractivity (Wildman–Crippen MR) is 79.1 cm³/mol. The summed E-state index contributed by atoms with van der Waals surface area (Å²) in [6.07, 6.45) is 3.80. The highest BCUT2D eigenvalue weighted by Gasteiger charge is 2.57. The summed E-state index contributed by atoms with van der Waals surface area (Å²) in [4.78, 5) is 12.0. The van der Waals surface area contributed by atoms with E-state index in [4.69, 9.17) is 0 Å². The molecule has 3 aliphatic carbocycles. The first-order chi connectivity index (χ1) is 10.0. The normalized spacial score (nSPS) is 41.3. The zero-order valence-electron chi connectivity index (χ0n) is 12.4. The first kappa shape index (κ1) is 13.3. The SMILES string of the molecule is C[C@@]12CC[C@H]3c4ccc(O)cc4CC[C@@H]3[C@H]1CC(=O)[C@H]2O. The Labute approximate surface area is 125 Å². The Hall–Kier alpha value is -1.35. The number of hydrogen-bond donors (Lipinski definition) is 2. The molecule has 3 heteroatoms. The molecule has 0 spiro atoms. The van der Waals surface area contributed by atoms with E-state index in [1.807, 2.05) is 6.07 Å². The molecule has 21 heavy (non-hydrogen) atoms. The zero-order valence-corrected chi connectivity index (χ0v) is 12.4. The fourth-order valence-electron chi connectivity index (χ4n) is 5.34. The van der Waals surface area contributed by atoms with Gasteiger partial charge in [-0.3, -0.25) is 4.79 Å². The molecule has 3 nitrogen and oxygen atoms in total. The largest absolute Gasteiger partial charge is 0.508 e. The van der Waals surface area contributed by atoms with E-state index in [1.165, 1.54) is 11.1 Å². The molecule has 1 aromatic carbocycles. The Balaban J connectivity index is 1.73. The molecule has 0 heterocycles. The third-order valence-electron chi connectivity index (χ3n) is 6.50. The van der Waals surface area contributed by atoms with Crippen LogP contribution in [0.1, 0.15) is 49.7 Å². The molecule has 5 atom stereocenters. The van der Waals surface area contributed by atoms with Gasteiger partial charge in [-0.2, -0.15) is 0 Å². The van der Waals surface area contributed by atoms with Gasteiger partial charge in [-0.15, -0.1) is 0 Å². The second-order valence-electron chi connectivity index (χ2n) is 7.42. The molecule has 0 aromatic heterocycles. The van der Waals surface area contributed by atoms with Crippen molar-refractivity contribution in [2.75, 3.05) is 0 Å². The van der Waals surface area contributed by atoms with Crippen LogP contribution in [0.25, 0.3) is 0 Å². The molecule has 2 fully saturated rings. The van der Waals surface area contributed by atoms with E-state index in [1.54, 1.807) is 6.07 Å². The highest BCUT2D eigenvalue weighted by Crippen LogP contribution is 2.60. The van der Waals surface area contributed by atoms with E-state index < -0.39 is 6.10 Å². The number of benzene rings is 1. The van der Waals surface area contributed by atoms with Crippen molar-refractivity contribution in [3.05, 3.63) is 29.3 Å². The van der Waals surface area contributed by atoms with Crippen molar-refractivity contribution in [1.29, 1.82) is 0 Å². The fourth-order valence-corrected chi connectivity index (χ4v) is 5.34. The lowest BCUT2D eigenvalue weighted by atomic mass is 9.55. The molecule has 0 radical (unpaired) electrons. The second-order valence-corrected chi connectivity index (χ2v) is 7.42. The Morgan fingerprint density at radius 2 is 2.10 bits per heavy atom. The van der Waals surface area contributed by atoms with Crippen LogP contribution in [0.2, 0.25) is 0 Å². The van der Waals surface area contributed by atoms with Crippen LogP contribution >= 0.6 is 0 Å². The minimum absolute atomic E-state index is 0.0413. The highest BCUT2D eigenvalue weighted by molar-refractivity contribution is 5.86. The number of aromatic hydroxyl groups is 1. The third-order valence-corrected chi connectivity index (χ3v) is 6.50. The van der Waals surface area contributed by atoms with Crippen LogP contribution in [-0.4, -0.2) is 22.1 Å². The number of hydrogen-bond acceptors (Lipinski definition) is 3. The number of aryl methyl sites for hydroxylation is 1. The van der Waals surface area contributed by atoms with Crippen LogP contribution in [-0.2, 0) is 11.2 Å². The number of phenolic OH excluding ortho intramolecular Hbond substituents is 1. The van der Waals surface area contributed by atoms with E-state index in [9.17, 15) is 15.0 Å². The summed E-state index contributed by atoms with van der Waals surface area (Å²) >= 11 is 0. The number of aliphatic hydroxyl groups excluding tert-OH is 1. The Morgan fingerprint density at radius 1 is 1.29 bits per heavy atom. The van der Waals surface area contributed by atoms with Gasteiger partial charge in [-0.05, 0) is 66.7 Å². The van der Waals surface area contributed by atoms with Gasteiger partial charge in [-0.25, -0.2) is 0 Å². The van der Waals surface area contributed by atoms with Crippen LogP contribution in [0.3, 0.4) is 0 Å². The van der Waals surface area contributed by atoms with Gasteiger partial charge in [-0.1, -0.05) is 13.0 Å². The molecule has 3 aliphatic rings. The van der Waals surface area contributed by atoms with Gasteiger partial charge in [0.25, 0.3) is 0 Å². The summed E-state index contributed by atoms with van der Waals surface area (Å²) in [5.41, 5.74) is 2.41. The Kier molecular flexibility index (Phi) is 2.74. The molecule has 1 aromatic rings. The molecule has 112 valence electrons. The zero-order chi connectivity index (χ0) is 14.8. The number of carbonyl (C=O) groups excluding carboxylic acids is 1. The lowest BCUT2D eigenvalue weighted by molar-refractivity contribution is -0.128. The quantitative estimate of drug-likeness (QED) is 0.771. The van der Waals surface area contributed by atoms with Crippen LogP contribution in [0.4, 0.5) is 0 Å². The monoisotopic (exact) mass is 286 g/mol. The molecular formula is C18H22O3. The first-order valence-electron chi connectivity index (χ1n) is 8.03. The highest BCUT2D eigenvalue weighted by atomic mass is 16.3. The molecule has 0 bridgehead atoms. The predicted octanol–water partition coefficient (Wildman–Crippen LogP) is 2.79. The number of phenols is 1. The molecule has 0 saturated heterocycles. The van der Waals surface area contributed by atoms with Gasteiger partial charge in [0.1, 0.15) is 11.9 Å². The van der Waals surface area contributed by atoms with E-state index >= 15 is 0 Å². The van der Waals surface area contributed by atoms with Crippen molar-refractivity contribution in [1.82, 2.24) is 0 Å². The lowest BCUT2D eigenvalue weighted by Gasteiger charge is -2.49. The summed E-state index contributed by atoms with van der Waals surface area (Å²) in [5, 5.41) is 20.0. The van der Waals surface area contributed by atoms with Crippen LogP contribution < -0.4 is 0 Å². The number of carbonyl (C=O) groups is 1. The van der Waals surface area contributed by atoms with Gasteiger partial charge in [0.2, 0.25) is 0 Å². The van der Waals surface area contributed by atoms with Crippen LogP contribution in [0.15, 0.2) is 18.2 Å². The molecular weight excluding hydrogens is 264 g/mol. The van der Waals surface area contributed by atoms with Crippen molar-refractivity contribution < 1.29 is 15.0 Å². The van der Waals surface area contributed by atoms with Crippen molar-refractivity contribution in [2.45, 2.75) is 51.0 Å². The first-order valence-corrected chi connectivity index (χ1v) is 8.03. The van der Waals surface area contributed by atoms with E-state index in [2.05, 4.69) is 13.0 Å². The maximum Gasteiger partial charge on any atom is 0.162 e. The van der Waals surface area contributed by atoms with Crippen molar-refractivity contribution in [2.24, 2.45) is 17.3 Å². The van der Waals surface area contributed by atoms with Gasteiger partial charge in [0.05, 0.1) is 0 Å². The van der Waals surface area contributed by atoms with Crippen molar-refractivity contribution in [3.8, 4) is 5.75 Å². The summed E-state index contributed by atoms with van der Waals surface area (Å²) in [5.74, 6) is 1.70. The average Bonchev–Trinajstić information content (AvgIpc) is 2.70. The fraction of sp³-hybridized carbons (Fsp3) is 0.611. The third kappa shape index (κ3) is 1.73. The van der Waals surface area contributed by atoms with Crippen LogP contribution in [0, 0.1) is 17.3 Å². The number of fused-ring (bicyclic) bond motifs is 5. The molecule has 0 unspecified atom stereocenters. The van der Waals surface area contributed by atoms with Gasteiger partial charge < -0.3 is 10.2 Å². The van der Waals surface area contributed by atoms with E-state index in [0.717, 1.165) is 25.7 Å². The van der Waals surface area contributed by atoms with E-state index in [0.29, 0.717) is 29.9 Å². The maximum absolute atomic E-state index is 12.0. The summed E-state index contributed by atoms with van der Waals surface area (Å²) in [6.45, 7) is 2.11. The average molecular weight is 286 g/mol. The Morgan fingerprint density at radius 3 is 2.90 bits per heavy atom. The summed E-state index contributed by atoms with van der Waals surface area (Å²) in [6, 6.07) is 5.75. The molecule has 0 aliphatic heterocycles. The number of ketones is 1. The molecule has 4 rings (SSSR count). The van der Waals surface area contributed by atoms with E-state index in [-0.39, 0.29) is 11.2 Å². The lowest BCUT2D eigenvalue weighted by Crippen LogP contribution is -2.44. The number of rotatable bonds is 0. The molecule has 2 N–H and O–H groups in total. The number of Topliss-reactive ketones (excluding diaryl/α,β-unsaturated/α-hetero) is 1. The van der Waals surface area contributed by atoms with Crippen molar-refractivity contribution >= 4 is 5.78 Å².